The first-order chi connectivity index (χ1) is 6.15. The summed E-state index contributed by atoms with van der Waals surface area (Å²) in [6.07, 6.45) is 0.484. The zero-order chi connectivity index (χ0) is 9.84. The number of hydrogen-bond donors (Lipinski definition) is 2. The Morgan fingerprint density at radius 1 is 1.50 bits per heavy atom. The quantitative estimate of drug-likeness (QED) is 0.895. The highest BCUT2D eigenvalue weighted by atomic mass is 79.9. The molecule has 0 heterocycles. The summed E-state index contributed by atoms with van der Waals surface area (Å²) < 4.78 is 13.2. The van der Waals surface area contributed by atoms with E-state index in [0.717, 1.165) is 5.56 Å². The maximum atomic E-state index is 12.8. The fraction of sp³-hybridized carbons (Fsp3) is 0.333. The predicted octanol–water partition coefficient (Wildman–Crippen LogP) is 2.39. The molecule has 1 aromatic rings. The third-order valence-electron chi connectivity index (χ3n) is 1.81. The van der Waals surface area contributed by atoms with Crippen LogP contribution in [0.3, 0.4) is 0 Å². The zero-order valence-electron chi connectivity index (χ0n) is 7.41. The predicted molar refractivity (Wildman–Crippen MR) is 60.0 cm³/mol. The van der Waals surface area contributed by atoms with Crippen molar-refractivity contribution in [3.05, 3.63) is 34.1 Å². The summed E-state index contributed by atoms with van der Waals surface area (Å²) in [4.78, 5) is 0. The SMILES string of the molecule is Cl.NC(CCO)c1ccc(F)c(Br)c1. The molecule has 0 saturated heterocycles. The molecular weight excluding hydrogens is 272 g/mol. The van der Waals surface area contributed by atoms with Crippen LogP contribution in [0.15, 0.2) is 22.7 Å². The van der Waals surface area contributed by atoms with Crippen LogP contribution in [-0.4, -0.2) is 11.7 Å². The molecule has 5 heteroatoms. The van der Waals surface area contributed by atoms with Crippen LogP contribution < -0.4 is 5.73 Å². The zero-order valence-corrected chi connectivity index (χ0v) is 9.81. The fourth-order valence-corrected chi connectivity index (χ4v) is 1.45. The van der Waals surface area contributed by atoms with Crippen molar-refractivity contribution in [3.8, 4) is 0 Å². The van der Waals surface area contributed by atoms with Gasteiger partial charge in [-0.2, -0.15) is 0 Å². The highest BCUT2D eigenvalue weighted by molar-refractivity contribution is 9.10. The first kappa shape index (κ1) is 13.8. The van der Waals surface area contributed by atoms with E-state index in [0.29, 0.717) is 10.9 Å². The summed E-state index contributed by atoms with van der Waals surface area (Å²) in [5.41, 5.74) is 6.54. The molecule has 1 unspecified atom stereocenters. The normalized spacial score (nSPS) is 12.0. The summed E-state index contributed by atoms with van der Waals surface area (Å²) >= 11 is 3.07. The van der Waals surface area contributed by atoms with E-state index in [1.165, 1.54) is 6.07 Å². The van der Waals surface area contributed by atoms with Gasteiger partial charge in [-0.15, -0.1) is 12.4 Å². The Labute approximate surface area is 96.8 Å². The molecule has 0 aromatic heterocycles. The van der Waals surface area contributed by atoms with Crippen molar-refractivity contribution in [2.24, 2.45) is 5.73 Å². The summed E-state index contributed by atoms with van der Waals surface area (Å²) in [5, 5.41) is 8.66. The van der Waals surface area contributed by atoms with Crippen LogP contribution in [0.1, 0.15) is 18.0 Å². The minimum Gasteiger partial charge on any atom is -0.396 e. The van der Waals surface area contributed by atoms with Gasteiger partial charge in [0.25, 0.3) is 0 Å². The number of aliphatic hydroxyl groups is 1. The first-order valence-corrected chi connectivity index (χ1v) is 4.76. The van der Waals surface area contributed by atoms with Crippen LogP contribution in [0.2, 0.25) is 0 Å². The van der Waals surface area contributed by atoms with E-state index in [9.17, 15) is 4.39 Å². The van der Waals surface area contributed by atoms with Crippen LogP contribution in [0.25, 0.3) is 0 Å². The third kappa shape index (κ3) is 3.53. The van der Waals surface area contributed by atoms with E-state index >= 15 is 0 Å². The molecule has 14 heavy (non-hydrogen) atoms. The van der Waals surface area contributed by atoms with Crippen molar-refractivity contribution >= 4 is 28.3 Å². The molecule has 80 valence electrons. The standard InChI is InChI=1S/C9H11BrFNO.ClH/c10-7-5-6(1-2-8(7)11)9(12)3-4-13;/h1-2,5,9,13H,3-4,12H2;1H. The minimum absolute atomic E-state index is 0. The average Bonchev–Trinajstić information content (AvgIpc) is 2.10. The molecule has 1 atom stereocenters. The second-order valence-electron chi connectivity index (χ2n) is 2.79. The van der Waals surface area contributed by atoms with E-state index < -0.39 is 0 Å². The maximum absolute atomic E-state index is 12.8. The number of halogens is 3. The van der Waals surface area contributed by atoms with Crippen LogP contribution in [0, 0.1) is 5.82 Å². The van der Waals surface area contributed by atoms with E-state index in [4.69, 9.17) is 10.8 Å². The second-order valence-corrected chi connectivity index (χ2v) is 3.65. The van der Waals surface area contributed by atoms with E-state index in [2.05, 4.69) is 15.9 Å². The van der Waals surface area contributed by atoms with Gasteiger partial charge in [0.2, 0.25) is 0 Å². The van der Waals surface area contributed by atoms with E-state index in [-0.39, 0.29) is 30.9 Å². The van der Waals surface area contributed by atoms with Crippen LogP contribution in [0.4, 0.5) is 4.39 Å². The largest absolute Gasteiger partial charge is 0.396 e. The van der Waals surface area contributed by atoms with Gasteiger partial charge in [-0.05, 0) is 40.0 Å². The molecule has 0 saturated carbocycles. The molecule has 2 nitrogen and oxygen atoms in total. The Kier molecular flexibility index (Phi) is 6.27. The molecule has 1 rings (SSSR count). The van der Waals surface area contributed by atoms with Crippen molar-refractivity contribution < 1.29 is 9.50 Å². The van der Waals surface area contributed by atoms with Gasteiger partial charge in [0.05, 0.1) is 4.47 Å². The fourth-order valence-electron chi connectivity index (χ4n) is 1.05. The van der Waals surface area contributed by atoms with Gasteiger partial charge in [-0.1, -0.05) is 6.07 Å². The van der Waals surface area contributed by atoms with E-state index in [1.807, 2.05) is 0 Å². The molecular formula is C9H12BrClFNO. The maximum Gasteiger partial charge on any atom is 0.137 e. The lowest BCUT2D eigenvalue weighted by molar-refractivity contribution is 0.276. The van der Waals surface area contributed by atoms with Crippen molar-refractivity contribution in [2.75, 3.05) is 6.61 Å². The van der Waals surface area contributed by atoms with Gasteiger partial charge in [0.1, 0.15) is 5.82 Å². The summed E-state index contributed by atoms with van der Waals surface area (Å²) in [7, 11) is 0. The molecule has 3 N–H and O–H groups in total. The monoisotopic (exact) mass is 283 g/mol. The molecule has 0 bridgehead atoms. The third-order valence-corrected chi connectivity index (χ3v) is 2.42. The number of rotatable bonds is 3. The highest BCUT2D eigenvalue weighted by Crippen LogP contribution is 2.21. The second kappa shape index (κ2) is 6.35. The van der Waals surface area contributed by atoms with E-state index in [1.54, 1.807) is 12.1 Å². The summed E-state index contributed by atoms with van der Waals surface area (Å²) in [6, 6.07) is 4.38. The van der Waals surface area contributed by atoms with Gasteiger partial charge in [-0.25, -0.2) is 4.39 Å². The summed E-state index contributed by atoms with van der Waals surface area (Å²) in [6.45, 7) is 0.0379. The minimum atomic E-state index is -0.306. The molecule has 0 aliphatic carbocycles. The smallest absolute Gasteiger partial charge is 0.137 e. The molecule has 0 radical (unpaired) electrons. The highest BCUT2D eigenvalue weighted by Gasteiger charge is 2.07. The molecule has 0 aliphatic rings. The average molecular weight is 285 g/mol. The van der Waals surface area contributed by atoms with Crippen molar-refractivity contribution in [2.45, 2.75) is 12.5 Å². The lowest BCUT2D eigenvalue weighted by Crippen LogP contribution is -2.11. The topological polar surface area (TPSA) is 46.2 Å². The van der Waals surface area contributed by atoms with Crippen LogP contribution in [0.5, 0.6) is 0 Å². The molecule has 0 fully saturated rings. The molecule has 0 amide bonds. The first-order valence-electron chi connectivity index (χ1n) is 3.96. The molecule has 1 aromatic carbocycles. The number of hydrogen-bond acceptors (Lipinski definition) is 2. The van der Waals surface area contributed by atoms with Gasteiger partial charge >= 0.3 is 0 Å². The van der Waals surface area contributed by atoms with Gasteiger partial charge in [0.15, 0.2) is 0 Å². The number of aliphatic hydroxyl groups excluding tert-OH is 1. The van der Waals surface area contributed by atoms with Crippen molar-refractivity contribution in [1.82, 2.24) is 0 Å². The van der Waals surface area contributed by atoms with Crippen molar-refractivity contribution in [1.29, 1.82) is 0 Å². The molecule has 0 spiro atoms. The van der Waals surface area contributed by atoms with Gasteiger partial charge < -0.3 is 10.8 Å². The number of benzene rings is 1. The Morgan fingerprint density at radius 3 is 2.64 bits per heavy atom. The van der Waals surface area contributed by atoms with Gasteiger partial charge in [0, 0.05) is 12.6 Å². The summed E-state index contributed by atoms with van der Waals surface area (Å²) in [5.74, 6) is -0.306. The van der Waals surface area contributed by atoms with Crippen molar-refractivity contribution in [3.63, 3.8) is 0 Å². The van der Waals surface area contributed by atoms with Crippen LogP contribution in [-0.2, 0) is 0 Å². The Morgan fingerprint density at radius 2 is 2.14 bits per heavy atom. The Bertz CT molecular complexity index is 298. The van der Waals surface area contributed by atoms with Crippen LogP contribution >= 0.6 is 28.3 Å². The lowest BCUT2D eigenvalue weighted by atomic mass is 10.1. The lowest BCUT2D eigenvalue weighted by Gasteiger charge is -2.10. The number of nitrogens with two attached hydrogens (primary N) is 1. The Balaban J connectivity index is 0.00000169. The Hall–Kier alpha value is -0.160. The van der Waals surface area contributed by atoms with Gasteiger partial charge in [-0.3, -0.25) is 0 Å². The molecule has 0 aliphatic heterocycles.